The Balaban J connectivity index is 1.69. The molecular weight excluding hydrogens is 316 g/mol. The van der Waals surface area contributed by atoms with Crippen LogP contribution in [0.15, 0.2) is 40.2 Å². The van der Waals surface area contributed by atoms with Crippen LogP contribution in [0, 0.1) is 0 Å². The molecule has 2 rings (SSSR count). The Morgan fingerprint density at radius 3 is 2.62 bits per heavy atom. The van der Waals surface area contributed by atoms with E-state index in [4.69, 9.17) is 0 Å². The lowest BCUT2D eigenvalue weighted by molar-refractivity contribution is 0.206. The first-order valence-electron chi connectivity index (χ1n) is 9.12. The van der Waals surface area contributed by atoms with Crippen LogP contribution in [0.1, 0.15) is 33.1 Å². The highest BCUT2D eigenvalue weighted by Crippen LogP contribution is 2.21. The lowest BCUT2D eigenvalue weighted by Crippen LogP contribution is -2.49. The van der Waals surface area contributed by atoms with Crippen LogP contribution in [-0.2, 0) is 0 Å². The van der Waals surface area contributed by atoms with Crippen molar-refractivity contribution in [1.82, 2.24) is 15.5 Å². The van der Waals surface area contributed by atoms with E-state index in [0.29, 0.717) is 11.3 Å². The number of aliphatic imine (C=N–C) groups is 1. The van der Waals surface area contributed by atoms with Gasteiger partial charge in [0.2, 0.25) is 0 Å². The average Bonchev–Trinajstić information content (AvgIpc) is 2.61. The maximum Gasteiger partial charge on any atom is 0.191 e. The lowest BCUT2D eigenvalue weighted by atomic mass is 10.1. The fraction of sp³-hybridized carbons (Fsp3) is 0.632. The Morgan fingerprint density at radius 2 is 2.00 bits per heavy atom. The van der Waals surface area contributed by atoms with Crippen molar-refractivity contribution >= 4 is 17.7 Å². The molecule has 1 fully saturated rings. The fourth-order valence-corrected chi connectivity index (χ4v) is 3.96. The van der Waals surface area contributed by atoms with Gasteiger partial charge in [0, 0.05) is 42.9 Å². The number of likely N-dealkylation sites (tertiary alicyclic amines) is 1. The summed E-state index contributed by atoms with van der Waals surface area (Å²) in [5.74, 6) is 0.935. The Bertz CT molecular complexity index is 483. The number of guanidine groups is 1. The maximum atomic E-state index is 4.39. The van der Waals surface area contributed by atoms with Gasteiger partial charge < -0.3 is 15.5 Å². The first-order chi connectivity index (χ1) is 11.7. The van der Waals surface area contributed by atoms with Crippen LogP contribution in [0.25, 0.3) is 0 Å². The fourth-order valence-electron chi connectivity index (χ4n) is 3.02. The second kappa shape index (κ2) is 10.6. The van der Waals surface area contributed by atoms with Gasteiger partial charge >= 0.3 is 0 Å². The molecule has 4 nitrogen and oxygen atoms in total. The molecule has 0 aromatic heterocycles. The van der Waals surface area contributed by atoms with E-state index in [1.165, 1.54) is 43.8 Å². The monoisotopic (exact) mass is 348 g/mol. The number of nitrogens with one attached hydrogen (secondary N) is 2. The molecule has 0 radical (unpaired) electrons. The molecule has 1 heterocycles. The molecule has 1 aliphatic rings. The smallest absolute Gasteiger partial charge is 0.191 e. The standard InChI is InChI=1S/C19H32N4S/c1-4-12-23-13-10-17(11-14-23)22-19(20-3)21-15-16(2)24-18-8-6-5-7-9-18/h5-9,16-17H,4,10-15H2,1-3H3,(H2,20,21,22). The average molecular weight is 349 g/mol. The van der Waals surface area contributed by atoms with E-state index in [9.17, 15) is 0 Å². The van der Waals surface area contributed by atoms with Crippen LogP contribution < -0.4 is 10.6 Å². The van der Waals surface area contributed by atoms with Gasteiger partial charge in [-0.3, -0.25) is 4.99 Å². The second-order valence-corrected chi connectivity index (χ2v) is 7.97. The number of rotatable bonds is 7. The first-order valence-corrected chi connectivity index (χ1v) is 10.0. The zero-order chi connectivity index (χ0) is 17.2. The molecule has 24 heavy (non-hydrogen) atoms. The second-order valence-electron chi connectivity index (χ2n) is 6.45. The van der Waals surface area contributed by atoms with Crippen molar-refractivity contribution in [2.45, 2.75) is 49.3 Å². The minimum absolute atomic E-state index is 0.498. The van der Waals surface area contributed by atoms with Gasteiger partial charge in [0.05, 0.1) is 0 Å². The number of nitrogens with zero attached hydrogens (tertiary/aromatic N) is 2. The van der Waals surface area contributed by atoms with Crippen LogP contribution >= 0.6 is 11.8 Å². The van der Waals surface area contributed by atoms with Crippen LogP contribution in [0.5, 0.6) is 0 Å². The Labute approximate surface area is 151 Å². The van der Waals surface area contributed by atoms with E-state index in [0.717, 1.165) is 12.5 Å². The van der Waals surface area contributed by atoms with Crippen molar-refractivity contribution in [1.29, 1.82) is 0 Å². The minimum atomic E-state index is 0.498. The van der Waals surface area contributed by atoms with Crippen molar-refractivity contribution in [3.63, 3.8) is 0 Å². The molecule has 0 aliphatic carbocycles. The summed E-state index contributed by atoms with van der Waals surface area (Å²) in [4.78, 5) is 8.27. The van der Waals surface area contributed by atoms with Gasteiger partial charge in [0.1, 0.15) is 0 Å². The van der Waals surface area contributed by atoms with Crippen molar-refractivity contribution in [3.05, 3.63) is 30.3 Å². The topological polar surface area (TPSA) is 39.7 Å². The zero-order valence-corrected chi connectivity index (χ0v) is 16.1. The number of hydrogen-bond donors (Lipinski definition) is 2. The summed E-state index contributed by atoms with van der Waals surface area (Å²) in [6.45, 7) is 9.04. The van der Waals surface area contributed by atoms with Crippen LogP contribution in [0.4, 0.5) is 0 Å². The van der Waals surface area contributed by atoms with Crippen LogP contribution in [0.2, 0.25) is 0 Å². The number of hydrogen-bond acceptors (Lipinski definition) is 3. The van der Waals surface area contributed by atoms with Gasteiger partial charge in [-0.2, -0.15) is 0 Å². The number of piperidine rings is 1. The first kappa shape index (κ1) is 19.1. The molecule has 1 aliphatic heterocycles. The molecule has 1 saturated heterocycles. The molecule has 1 atom stereocenters. The highest BCUT2D eigenvalue weighted by atomic mass is 32.2. The Hall–Kier alpha value is -1.20. The van der Waals surface area contributed by atoms with Gasteiger partial charge in [-0.15, -0.1) is 11.8 Å². The molecule has 2 N–H and O–H groups in total. The summed E-state index contributed by atoms with van der Waals surface area (Å²) in [6.07, 6.45) is 3.66. The lowest BCUT2D eigenvalue weighted by Gasteiger charge is -2.33. The highest BCUT2D eigenvalue weighted by Gasteiger charge is 2.19. The molecule has 0 saturated carbocycles. The predicted molar refractivity (Wildman–Crippen MR) is 106 cm³/mol. The summed E-state index contributed by atoms with van der Waals surface area (Å²) < 4.78 is 0. The van der Waals surface area contributed by atoms with Crippen molar-refractivity contribution in [3.8, 4) is 0 Å². The Morgan fingerprint density at radius 1 is 1.29 bits per heavy atom. The van der Waals surface area contributed by atoms with E-state index in [-0.39, 0.29) is 0 Å². The SMILES string of the molecule is CCCN1CCC(NC(=NC)NCC(C)Sc2ccccc2)CC1. The third-order valence-corrected chi connectivity index (χ3v) is 5.44. The summed E-state index contributed by atoms with van der Waals surface area (Å²) in [5, 5.41) is 7.57. The molecule has 0 amide bonds. The Kier molecular flexibility index (Phi) is 8.47. The third-order valence-electron chi connectivity index (χ3n) is 4.33. The van der Waals surface area contributed by atoms with Gasteiger partial charge in [0.15, 0.2) is 5.96 Å². The van der Waals surface area contributed by atoms with Gasteiger partial charge in [-0.25, -0.2) is 0 Å². The quantitative estimate of drug-likeness (QED) is 0.451. The minimum Gasteiger partial charge on any atom is -0.355 e. The molecule has 5 heteroatoms. The molecule has 1 aromatic rings. The molecule has 0 bridgehead atoms. The molecule has 1 unspecified atom stereocenters. The third kappa shape index (κ3) is 6.73. The van der Waals surface area contributed by atoms with Gasteiger partial charge in [0.25, 0.3) is 0 Å². The van der Waals surface area contributed by atoms with E-state index < -0.39 is 0 Å². The summed E-state index contributed by atoms with van der Waals surface area (Å²) >= 11 is 1.90. The van der Waals surface area contributed by atoms with E-state index in [1.807, 2.05) is 18.8 Å². The summed E-state index contributed by atoms with van der Waals surface area (Å²) in [5.41, 5.74) is 0. The molecule has 1 aromatic carbocycles. The number of thioether (sulfide) groups is 1. The van der Waals surface area contributed by atoms with Crippen molar-refractivity contribution in [2.75, 3.05) is 33.2 Å². The molecule has 0 spiro atoms. The van der Waals surface area contributed by atoms with E-state index in [2.05, 4.69) is 64.7 Å². The summed E-state index contributed by atoms with van der Waals surface area (Å²) in [7, 11) is 1.86. The van der Waals surface area contributed by atoms with Gasteiger partial charge in [-0.05, 0) is 37.9 Å². The highest BCUT2D eigenvalue weighted by molar-refractivity contribution is 8.00. The van der Waals surface area contributed by atoms with Crippen molar-refractivity contribution < 1.29 is 0 Å². The van der Waals surface area contributed by atoms with E-state index >= 15 is 0 Å². The van der Waals surface area contributed by atoms with Gasteiger partial charge in [-0.1, -0.05) is 32.0 Å². The largest absolute Gasteiger partial charge is 0.355 e. The number of benzene rings is 1. The van der Waals surface area contributed by atoms with E-state index in [1.54, 1.807) is 0 Å². The zero-order valence-electron chi connectivity index (χ0n) is 15.3. The predicted octanol–water partition coefficient (Wildman–Crippen LogP) is 3.21. The molecular formula is C19H32N4S. The van der Waals surface area contributed by atoms with Crippen molar-refractivity contribution in [2.24, 2.45) is 4.99 Å². The van der Waals surface area contributed by atoms with Crippen LogP contribution in [-0.4, -0.2) is 55.4 Å². The summed E-state index contributed by atoms with van der Waals surface area (Å²) in [6, 6.07) is 11.1. The van der Waals surface area contributed by atoms with Crippen LogP contribution in [0.3, 0.4) is 0 Å². The molecule has 134 valence electrons. The normalized spacial score (nSPS) is 18.4. The maximum absolute atomic E-state index is 4.39.